The van der Waals surface area contributed by atoms with Crippen LogP contribution >= 0.6 is 0 Å². The van der Waals surface area contributed by atoms with E-state index in [1.165, 1.54) is 4.90 Å². The molecule has 0 radical (unpaired) electrons. The zero-order valence-corrected chi connectivity index (χ0v) is 10.9. The van der Waals surface area contributed by atoms with Crippen LogP contribution in [-0.2, 0) is 9.59 Å². The number of amides is 2. The molecule has 1 saturated carbocycles. The maximum absolute atomic E-state index is 12.6. The number of hydrogen-bond acceptors (Lipinski definition) is 3. The highest BCUT2D eigenvalue weighted by Crippen LogP contribution is 2.45. The minimum Gasteiger partial charge on any atom is -0.278 e. The molecule has 0 bridgehead atoms. The standard InChI is InChI=1S/C14H20N2O2/c1-11(6-9-15)16-12(17)10-14(13(16)18)7-4-2-3-5-8-14/h11H,2-8,10H2,1H3. The van der Waals surface area contributed by atoms with E-state index in [9.17, 15) is 9.59 Å². The molecule has 1 heterocycles. The third kappa shape index (κ3) is 2.14. The van der Waals surface area contributed by atoms with Crippen LogP contribution in [0.25, 0.3) is 0 Å². The second-order valence-corrected chi connectivity index (χ2v) is 5.65. The van der Waals surface area contributed by atoms with Gasteiger partial charge in [-0.15, -0.1) is 0 Å². The molecule has 0 aromatic carbocycles. The summed E-state index contributed by atoms with van der Waals surface area (Å²) in [6.07, 6.45) is 6.68. The van der Waals surface area contributed by atoms with E-state index in [1.807, 2.05) is 6.07 Å². The van der Waals surface area contributed by atoms with Gasteiger partial charge in [0, 0.05) is 12.5 Å². The van der Waals surface area contributed by atoms with Crippen molar-refractivity contribution in [2.75, 3.05) is 0 Å². The first-order chi connectivity index (χ1) is 8.60. The van der Waals surface area contributed by atoms with Gasteiger partial charge in [0.25, 0.3) is 0 Å². The second kappa shape index (κ2) is 5.09. The highest BCUT2D eigenvalue weighted by Gasteiger charge is 2.52. The van der Waals surface area contributed by atoms with E-state index in [0.29, 0.717) is 6.42 Å². The van der Waals surface area contributed by atoms with Gasteiger partial charge >= 0.3 is 0 Å². The SMILES string of the molecule is CC(CC#N)N1C(=O)CC2(CCCCCC2)C1=O. The molecule has 0 N–H and O–H groups in total. The number of carbonyl (C=O) groups is 2. The number of carbonyl (C=O) groups excluding carboxylic acids is 2. The smallest absolute Gasteiger partial charge is 0.236 e. The van der Waals surface area contributed by atoms with Crippen LogP contribution in [0.4, 0.5) is 0 Å². The lowest BCUT2D eigenvalue weighted by Crippen LogP contribution is -2.41. The van der Waals surface area contributed by atoms with Crippen molar-refractivity contribution in [3.8, 4) is 6.07 Å². The van der Waals surface area contributed by atoms with Crippen molar-refractivity contribution in [2.45, 2.75) is 64.3 Å². The van der Waals surface area contributed by atoms with Crippen LogP contribution in [0.2, 0.25) is 0 Å². The van der Waals surface area contributed by atoms with Crippen LogP contribution in [-0.4, -0.2) is 22.8 Å². The lowest BCUT2D eigenvalue weighted by Gasteiger charge is -2.27. The van der Waals surface area contributed by atoms with Crippen LogP contribution in [0.3, 0.4) is 0 Å². The molecule has 18 heavy (non-hydrogen) atoms. The molecule has 4 nitrogen and oxygen atoms in total. The predicted molar refractivity (Wildman–Crippen MR) is 66.3 cm³/mol. The first-order valence-corrected chi connectivity index (χ1v) is 6.84. The Kier molecular flexibility index (Phi) is 3.70. The van der Waals surface area contributed by atoms with Gasteiger partial charge in [0.05, 0.1) is 17.9 Å². The van der Waals surface area contributed by atoms with Crippen molar-refractivity contribution in [3.63, 3.8) is 0 Å². The van der Waals surface area contributed by atoms with E-state index >= 15 is 0 Å². The Morgan fingerprint density at radius 2 is 1.89 bits per heavy atom. The molecule has 1 atom stereocenters. The predicted octanol–water partition coefficient (Wildman–Crippen LogP) is 2.39. The third-order valence-corrected chi connectivity index (χ3v) is 4.32. The molecule has 0 aromatic rings. The molecule has 2 fully saturated rings. The molecule has 0 aromatic heterocycles. The summed E-state index contributed by atoms with van der Waals surface area (Å²) in [4.78, 5) is 26.0. The minimum absolute atomic E-state index is 0.0165. The van der Waals surface area contributed by atoms with Gasteiger partial charge in [-0.1, -0.05) is 25.7 Å². The summed E-state index contributed by atoms with van der Waals surface area (Å²) in [5, 5.41) is 8.72. The number of hydrogen-bond donors (Lipinski definition) is 0. The van der Waals surface area contributed by atoms with E-state index in [4.69, 9.17) is 5.26 Å². The number of nitriles is 1. The van der Waals surface area contributed by atoms with E-state index in [1.54, 1.807) is 6.92 Å². The molecule has 2 amide bonds. The van der Waals surface area contributed by atoms with E-state index in [-0.39, 0.29) is 24.3 Å². The van der Waals surface area contributed by atoms with Gasteiger partial charge in [0.1, 0.15) is 0 Å². The van der Waals surface area contributed by atoms with Gasteiger partial charge in [-0.2, -0.15) is 5.26 Å². The van der Waals surface area contributed by atoms with Gasteiger partial charge in [0.15, 0.2) is 0 Å². The minimum atomic E-state index is -0.433. The van der Waals surface area contributed by atoms with Crippen molar-refractivity contribution < 1.29 is 9.59 Å². The molecule has 1 aliphatic carbocycles. The number of nitrogens with zero attached hydrogens (tertiary/aromatic N) is 2. The van der Waals surface area contributed by atoms with Crippen molar-refractivity contribution in [1.82, 2.24) is 4.90 Å². The normalized spacial score (nSPS) is 25.0. The summed E-state index contributed by atoms with van der Waals surface area (Å²) in [5.41, 5.74) is -0.433. The van der Waals surface area contributed by atoms with Gasteiger partial charge in [0.2, 0.25) is 11.8 Å². The number of imide groups is 1. The van der Waals surface area contributed by atoms with Crippen molar-refractivity contribution in [3.05, 3.63) is 0 Å². The van der Waals surface area contributed by atoms with Gasteiger partial charge in [-0.25, -0.2) is 0 Å². The summed E-state index contributed by atoms with van der Waals surface area (Å²) in [6.45, 7) is 1.79. The first-order valence-electron chi connectivity index (χ1n) is 6.84. The van der Waals surface area contributed by atoms with E-state index < -0.39 is 5.41 Å². The molecule has 1 saturated heterocycles. The molecule has 1 spiro atoms. The van der Waals surface area contributed by atoms with Crippen LogP contribution < -0.4 is 0 Å². The zero-order valence-electron chi connectivity index (χ0n) is 10.9. The van der Waals surface area contributed by atoms with Crippen molar-refractivity contribution in [2.24, 2.45) is 5.41 Å². The van der Waals surface area contributed by atoms with Gasteiger partial charge in [-0.3, -0.25) is 14.5 Å². The van der Waals surface area contributed by atoms with Gasteiger partial charge < -0.3 is 0 Å². The van der Waals surface area contributed by atoms with Crippen molar-refractivity contribution >= 4 is 11.8 Å². The lowest BCUT2D eigenvalue weighted by atomic mass is 9.79. The lowest BCUT2D eigenvalue weighted by molar-refractivity contribution is -0.143. The number of rotatable bonds is 2. The monoisotopic (exact) mass is 248 g/mol. The Balaban J connectivity index is 2.19. The molecular weight excluding hydrogens is 228 g/mol. The van der Waals surface area contributed by atoms with Crippen molar-refractivity contribution in [1.29, 1.82) is 5.26 Å². The average molecular weight is 248 g/mol. The quantitative estimate of drug-likeness (QED) is 0.705. The summed E-state index contributed by atoms with van der Waals surface area (Å²) in [5.74, 6) is -0.0956. The molecule has 4 heteroatoms. The Morgan fingerprint density at radius 3 is 2.44 bits per heavy atom. The number of likely N-dealkylation sites (tertiary alicyclic amines) is 1. The molecule has 1 unspecified atom stereocenters. The fourth-order valence-corrected chi connectivity index (χ4v) is 3.28. The summed E-state index contributed by atoms with van der Waals surface area (Å²) >= 11 is 0. The molecule has 2 aliphatic rings. The Hall–Kier alpha value is -1.37. The maximum Gasteiger partial charge on any atom is 0.236 e. The van der Waals surface area contributed by atoms with E-state index in [0.717, 1.165) is 38.5 Å². The Labute approximate surface area is 108 Å². The van der Waals surface area contributed by atoms with Crippen LogP contribution in [0.5, 0.6) is 0 Å². The van der Waals surface area contributed by atoms with Crippen LogP contribution in [0.1, 0.15) is 58.3 Å². The topological polar surface area (TPSA) is 61.2 Å². The largest absolute Gasteiger partial charge is 0.278 e. The summed E-state index contributed by atoms with van der Waals surface area (Å²) < 4.78 is 0. The fourth-order valence-electron chi connectivity index (χ4n) is 3.28. The first kappa shape index (κ1) is 13.1. The Morgan fingerprint density at radius 1 is 1.28 bits per heavy atom. The fraction of sp³-hybridized carbons (Fsp3) is 0.786. The maximum atomic E-state index is 12.6. The summed E-state index contributed by atoms with van der Waals surface area (Å²) in [6, 6.07) is 1.76. The highest BCUT2D eigenvalue weighted by atomic mass is 16.2. The molecular formula is C14H20N2O2. The highest BCUT2D eigenvalue weighted by molar-refractivity contribution is 6.06. The summed E-state index contributed by atoms with van der Waals surface area (Å²) in [7, 11) is 0. The van der Waals surface area contributed by atoms with Crippen LogP contribution in [0, 0.1) is 16.7 Å². The average Bonchev–Trinajstić information content (AvgIpc) is 2.50. The molecule has 1 aliphatic heterocycles. The van der Waals surface area contributed by atoms with Gasteiger partial charge in [-0.05, 0) is 19.8 Å². The second-order valence-electron chi connectivity index (χ2n) is 5.65. The third-order valence-electron chi connectivity index (χ3n) is 4.32. The van der Waals surface area contributed by atoms with Crippen LogP contribution in [0.15, 0.2) is 0 Å². The zero-order chi connectivity index (χ0) is 13.2. The molecule has 2 rings (SSSR count). The van der Waals surface area contributed by atoms with E-state index in [2.05, 4.69) is 0 Å². The Bertz CT molecular complexity index is 389. The molecule has 98 valence electrons.